The van der Waals surface area contributed by atoms with E-state index in [2.05, 4.69) is 45.8 Å². The van der Waals surface area contributed by atoms with Gasteiger partial charge in [0.05, 0.1) is 6.10 Å². The van der Waals surface area contributed by atoms with Crippen molar-refractivity contribution in [2.45, 2.75) is 84.7 Å². The molecule has 0 heterocycles. The quantitative estimate of drug-likeness (QED) is 0.438. The number of ether oxygens (including phenoxy) is 1. The van der Waals surface area contributed by atoms with Crippen LogP contribution in [0.1, 0.15) is 78.6 Å². The minimum absolute atomic E-state index is 0.382. The average molecular weight is 374 g/mol. The van der Waals surface area contributed by atoms with E-state index in [1.807, 2.05) is 0 Å². The molecule has 7 atom stereocenters. The van der Waals surface area contributed by atoms with Crippen LogP contribution in [0.4, 0.5) is 0 Å². The zero-order valence-corrected chi connectivity index (χ0v) is 18.6. The Kier molecular flexibility index (Phi) is 5.53. The summed E-state index contributed by atoms with van der Waals surface area (Å²) < 4.78 is 6.26. The maximum atomic E-state index is 6.26. The third-order valence-electron chi connectivity index (χ3n) is 9.63. The van der Waals surface area contributed by atoms with Crippen molar-refractivity contribution in [1.29, 1.82) is 0 Å². The molecular weight excluding hydrogens is 330 g/mol. The van der Waals surface area contributed by atoms with Crippen LogP contribution in [0.3, 0.4) is 0 Å². The Morgan fingerprint density at radius 2 is 1.85 bits per heavy atom. The summed E-state index contributed by atoms with van der Waals surface area (Å²) in [7, 11) is 4.29. The molecule has 0 N–H and O–H groups in total. The second-order valence-corrected chi connectivity index (χ2v) is 11.2. The Balaban J connectivity index is 1.43. The molecule has 27 heavy (non-hydrogen) atoms. The highest BCUT2D eigenvalue weighted by Gasteiger charge is 2.57. The highest BCUT2D eigenvalue weighted by molar-refractivity contribution is 5.25. The highest BCUT2D eigenvalue weighted by Crippen LogP contribution is 2.66. The SMILES string of the molecule is CC1CCC2C3CCC4=CC(OCCCN(C)C)CCC4(C)C3CCC12C. The predicted octanol–water partition coefficient (Wildman–Crippen LogP) is 5.92. The van der Waals surface area contributed by atoms with Gasteiger partial charge in [-0.1, -0.05) is 32.4 Å². The van der Waals surface area contributed by atoms with Crippen LogP contribution in [-0.2, 0) is 4.74 Å². The van der Waals surface area contributed by atoms with Gasteiger partial charge in [0, 0.05) is 6.61 Å². The third-order valence-corrected chi connectivity index (χ3v) is 9.63. The van der Waals surface area contributed by atoms with E-state index in [1.165, 1.54) is 51.4 Å². The summed E-state index contributed by atoms with van der Waals surface area (Å²) in [6.07, 6.45) is 15.4. The van der Waals surface area contributed by atoms with Crippen molar-refractivity contribution >= 4 is 0 Å². The van der Waals surface area contributed by atoms with Crippen LogP contribution >= 0.6 is 0 Å². The first kappa shape index (κ1) is 20.0. The standard InChI is InChI=1S/C25H43NO/c1-18-7-10-22-21-9-8-19-17-20(27-16-6-15-26(4)5)11-13-25(19,3)23(21)12-14-24(18,22)2/h17-18,20-23H,6-16H2,1-5H3. The van der Waals surface area contributed by atoms with Crippen molar-refractivity contribution in [3.05, 3.63) is 11.6 Å². The number of hydrogen-bond donors (Lipinski definition) is 0. The minimum atomic E-state index is 0.382. The smallest absolute Gasteiger partial charge is 0.0758 e. The van der Waals surface area contributed by atoms with E-state index in [9.17, 15) is 0 Å². The lowest BCUT2D eigenvalue weighted by molar-refractivity contribution is -0.0563. The minimum Gasteiger partial charge on any atom is -0.374 e. The summed E-state index contributed by atoms with van der Waals surface area (Å²) >= 11 is 0. The molecule has 3 saturated carbocycles. The fourth-order valence-electron chi connectivity index (χ4n) is 7.71. The lowest BCUT2D eigenvalue weighted by Gasteiger charge is -2.58. The van der Waals surface area contributed by atoms with Crippen molar-refractivity contribution in [3.63, 3.8) is 0 Å². The maximum absolute atomic E-state index is 6.26. The Hall–Kier alpha value is -0.340. The van der Waals surface area contributed by atoms with Crippen LogP contribution in [0.2, 0.25) is 0 Å². The molecule has 0 aromatic rings. The second-order valence-electron chi connectivity index (χ2n) is 11.2. The van der Waals surface area contributed by atoms with E-state index >= 15 is 0 Å². The molecule has 0 amide bonds. The molecule has 2 heteroatoms. The van der Waals surface area contributed by atoms with Gasteiger partial charge in [-0.25, -0.2) is 0 Å². The van der Waals surface area contributed by atoms with Crippen LogP contribution in [0.25, 0.3) is 0 Å². The van der Waals surface area contributed by atoms with Gasteiger partial charge in [0.15, 0.2) is 0 Å². The van der Waals surface area contributed by atoms with Crippen molar-refractivity contribution in [1.82, 2.24) is 4.90 Å². The van der Waals surface area contributed by atoms with Gasteiger partial charge >= 0.3 is 0 Å². The zero-order valence-electron chi connectivity index (χ0n) is 18.6. The van der Waals surface area contributed by atoms with Gasteiger partial charge in [0.2, 0.25) is 0 Å². The van der Waals surface area contributed by atoms with Crippen molar-refractivity contribution in [2.24, 2.45) is 34.5 Å². The van der Waals surface area contributed by atoms with Crippen LogP contribution in [-0.4, -0.2) is 38.3 Å². The number of hydrogen-bond acceptors (Lipinski definition) is 2. The fraction of sp³-hybridized carbons (Fsp3) is 0.920. The number of rotatable bonds is 5. The molecule has 154 valence electrons. The lowest BCUT2D eigenvalue weighted by atomic mass is 9.47. The van der Waals surface area contributed by atoms with Gasteiger partial charge < -0.3 is 9.64 Å². The van der Waals surface area contributed by atoms with Crippen LogP contribution in [0.15, 0.2) is 11.6 Å². The van der Waals surface area contributed by atoms with Crippen molar-refractivity contribution in [3.8, 4) is 0 Å². The molecule has 0 radical (unpaired) electrons. The summed E-state index contributed by atoms with van der Waals surface area (Å²) in [5, 5.41) is 0. The largest absolute Gasteiger partial charge is 0.374 e. The summed E-state index contributed by atoms with van der Waals surface area (Å²) in [4.78, 5) is 2.25. The van der Waals surface area contributed by atoms with E-state index in [-0.39, 0.29) is 0 Å². The molecule has 0 aliphatic heterocycles. The van der Waals surface area contributed by atoms with Gasteiger partial charge in [-0.3, -0.25) is 0 Å². The molecular formula is C25H43NO. The molecule has 4 aliphatic carbocycles. The van der Waals surface area contributed by atoms with Crippen LogP contribution in [0.5, 0.6) is 0 Å². The maximum Gasteiger partial charge on any atom is 0.0758 e. The molecule has 0 aromatic heterocycles. The summed E-state index contributed by atoms with van der Waals surface area (Å²) in [6.45, 7) is 9.84. The van der Waals surface area contributed by atoms with Crippen molar-refractivity contribution in [2.75, 3.05) is 27.2 Å². The topological polar surface area (TPSA) is 12.5 Å². The van der Waals surface area contributed by atoms with Crippen LogP contribution in [0, 0.1) is 34.5 Å². The molecule has 7 unspecified atom stereocenters. The Bertz CT molecular complexity index is 569. The lowest BCUT2D eigenvalue weighted by Crippen LogP contribution is -2.50. The molecule has 0 spiro atoms. The van der Waals surface area contributed by atoms with E-state index in [4.69, 9.17) is 4.74 Å². The zero-order chi connectivity index (χ0) is 19.2. The summed E-state index contributed by atoms with van der Waals surface area (Å²) in [5.74, 6) is 3.88. The molecule has 0 aromatic carbocycles. The molecule has 2 nitrogen and oxygen atoms in total. The molecule has 0 bridgehead atoms. The van der Waals surface area contributed by atoms with Gasteiger partial charge in [0.25, 0.3) is 0 Å². The van der Waals surface area contributed by atoms with Crippen LogP contribution < -0.4 is 0 Å². The van der Waals surface area contributed by atoms with Gasteiger partial charge in [0.1, 0.15) is 0 Å². The van der Waals surface area contributed by atoms with Gasteiger partial charge in [-0.2, -0.15) is 0 Å². The summed E-state index contributed by atoms with van der Waals surface area (Å²) in [5.41, 5.74) is 2.88. The first-order valence-electron chi connectivity index (χ1n) is 11.8. The molecule has 4 aliphatic rings. The number of fused-ring (bicyclic) bond motifs is 5. The Morgan fingerprint density at radius 1 is 1.04 bits per heavy atom. The monoisotopic (exact) mass is 373 g/mol. The Morgan fingerprint density at radius 3 is 2.63 bits per heavy atom. The highest BCUT2D eigenvalue weighted by atomic mass is 16.5. The second kappa shape index (κ2) is 7.48. The van der Waals surface area contributed by atoms with E-state index in [0.717, 1.165) is 43.2 Å². The third kappa shape index (κ3) is 3.44. The van der Waals surface area contributed by atoms with E-state index in [1.54, 1.807) is 5.57 Å². The summed E-state index contributed by atoms with van der Waals surface area (Å²) in [6, 6.07) is 0. The number of allylic oxidation sites excluding steroid dienone is 1. The number of nitrogens with zero attached hydrogens (tertiary/aromatic N) is 1. The van der Waals surface area contributed by atoms with Gasteiger partial charge in [-0.15, -0.1) is 0 Å². The first-order chi connectivity index (χ1) is 12.8. The van der Waals surface area contributed by atoms with Crippen molar-refractivity contribution < 1.29 is 4.74 Å². The Labute approximate surface area is 168 Å². The van der Waals surface area contributed by atoms with E-state index < -0.39 is 0 Å². The fourth-order valence-corrected chi connectivity index (χ4v) is 7.71. The first-order valence-corrected chi connectivity index (χ1v) is 11.8. The predicted molar refractivity (Wildman–Crippen MR) is 114 cm³/mol. The average Bonchev–Trinajstić information content (AvgIpc) is 2.94. The molecule has 0 saturated heterocycles. The van der Waals surface area contributed by atoms with Gasteiger partial charge in [-0.05, 0) is 113 Å². The van der Waals surface area contributed by atoms with E-state index in [0.29, 0.717) is 16.9 Å². The molecule has 4 rings (SSSR count). The normalized spacial score (nSPS) is 46.6. The molecule has 3 fully saturated rings.